The minimum Gasteiger partial charge on any atom is -0.394 e. The van der Waals surface area contributed by atoms with Crippen molar-refractivity contribution in [2.75, 3.05) is 46.1 Å². The summed E-state index contributed by atoms with van der Waals surface area (Å²) in [5, 5.41) is 12.3. The van der Waals surface area contributed by atoms with Gasteiger partial charge >= 0.3 is 0 Å². The fourth-order valence-electron chi connectivity index (χ4n) is 2.03. The first-order chi connectivity index (χ1) is 8.14. The lowest BCUT2D eigenvalue weighted by Crippen LogP contribution is -2.60. The predicted molar refractivity (Wildman–Crippen MR) is 60.6 cm³/mol. The Labute approximate surface area is 101 Å². The van der Waals surface area contributed by atoms with E-state index in [0.29, 0.717) is 19.8 Å². The lowest BCUT2D eigenvalue weighted by Gasteiger charge is -2.40. The van der Waals surface area contributed by atoms with Crippen molar-refractivity contribution in [3.63, 3.8) is 0 Å². The molecule has 2 fully saturated rings. The van der Waals surface area contributed by atoms with E-state index in [4.69, 9.17) is 9.47 Å². The summed E-state index contributed by atoms with van der Waals surface area (Å²) < 4.78 is 10.8. The van der Waals surface area contributed by atoms with Crippen LogP contribution in [0.25, 0.3) is 0 Å². The molecule has 2 heterocycles. The highest BCUT2D eigenvalue weighted by Crippen LogP contribution is 2.16. The number of carbonyl (C=O) groups excluding carboxylic acids is 1. The first-order valence-corrected chi connectivity index (χ1v) is 5.97. The summed E-state index contributed by atoms with van der Waals surface area (Å²) in [4.78, 5) is 13.6. The van der Waals surface area contributed by atoms with E-state index in [1.165, 1.54) is 0 Å². The Balaban J connectivity index is 1.81. The van der Waals surface area contributed by atoms with Crippen LogP contribution in [-0.2, 0) is 14.3 Å². The summed E-state index contributed by atoms with van der Waals surface area (Å²) in [5.74, 6) is -0.0690. The number of ether oxygens (including phenoxy) is 2. The van der Waals surface area contributed by atoms with E-state index >= 15 is 0 Å². The molecule has 2 saturated heterocycles. The van der Waals surface area contributed by atoms with Crippen molar-refractivity contribution in [3.8, 4) is 0 Å². The molecule has 2 rings (SSSR count). The monoisotopic (exact) mass is 244 g/mol. The van der Waals surface area contributed by atoms with Crippen molar-refractivity contribution in [2.24, 2.45) is 0 Å². The van der Waals surface area contributed by atoms with Gasteiger partial charge in [0.05, 0.1) is 31.5 Å². The molecule has 0 aromatic carbocycles. The zero-order chi connectivity index (χ0) is 12.3. The second-order valence-electron chi connectivity index (χ2n) is 4.84. The van der Waals surface area contributed by atoms with Gasteiger partial charge < -0.3 is 24.8 Å². The standard InChI is InChI=1S/C11H20N2O4/c1-11(7-12-8-11)17-6-10(15)13-2-3-16-5-9(13)4-14/h9,12,14H,2-8H2,1H3. The van der Waals surface area contributed by atoms with Gasteiger partial charge in [-0.05, 0) is 6.92 Å². The molecule has 2 aliphatic rings. The van der Waals surface area contributed by atoms with E-state index in [-0.39, 0.29) is 30.8 Å². The average Bonchev–Trinajstić information content (AvgIpc) is 2.33. The van der Waals surface area contributed by atoms with Crippen LogP contribution in [0.3, 0.4) is 0 Å². The largest absolute Gasteiger partial charge is 0.394 e. The van der Waals surface area contributed by atoms with Gasteiger partial charge in [-0.15, -0.1) is 0 Å². The van der Waals surface area contributed by atoms with Crippen LogP contribution in [0.4, 0.5) is 0 Å². The number of aliphatic hydroxyl groups excluding tert-OH is 1. The van der Waals surface area contributed by atoms with E-state index in [9.17, 15) is 9.90 Å². The zero-order valence-electron chi connectivity index (χ0n) is 10.1. The number of carbonyl (C=O) groups is 1. The van der Waals surface area contributed by atoms with Crippen LogP contribution in [0.5, 0.6) is 0 Å². The molecule has 1 unspecified atom stereocenters. The normalized spacial score (nSPS) is 27.6. The van der Waals surface area contributed by atoms with Crippen LogP contribution in [0.15, 0.2) is 0 Å². The number of aliphatic hydroxyl groups is 1. The van der Waals surface area contributed by atoms with Crippen LogP contribution >= 0.6 is 0 Å². The summed E-state index contributed by atoms with van der Waals surface area (Å²) in [7, 11) is 0. The van der Waals surface area contributed by atoms with Gasteiger partial charge in [0.1, 0.15) is 6.61 Å². The summed E-state index contributed by atoms with van der Waals surface area (Å²) in [5.41, 5.74) is -0.212. The van der Waals surface area contributed by atoms with Crippen molar-refractivity contribution in [1.82, 2.24) is 10.2 Å². The molecule has 0 spiro atoms. The van der Waals surface area contributed by atoms with Crippen LogP contribution in [0.2, 0.25) is 0 Å². The van der Waals surface area contributed by atoms with Crippen molar-refractivity contribution < 1.29 is 19.4 Å². The minimum atomic E-state index is -0.229. The number of nitrogens with one attached hydrogen (secondary N) is 1. The highest BCUT2D eigenvalue weighted by atomic mass is 16.5. The van der Waals surface area contributed by atoms with Crippen LogP contribution in [-0.4, -0.2) is 73.6 Å². The SMILES string of the molecule is CC1(OCC(=O)N2CCOCC2CO)CNC1. The Morgan fingerprint density at radius 2 is 2.41 bits per heavy atom. The summed E-state index contributed by atoms with van der Waals surface area (Å²) in [6.07, 6.45) is 0. The molecule has 17 heavy (non-hydrogen) atoms. The summed E-state index contributed by atoms with van der Waals surface area (Å²) in [6, 6.07) is -0.229. The Morgan fingerprint density at radius 1 is 1.65 bits per heavy atom. The first kappa shape index (κ1) is 12.8. The summed E-state index contributed by atoms with van der Waals surface area (Å²) in [6.45, 7) is 5.03. The fraction of sp³-hybridized carbons (Fsp3) is 0.909. The highest BCUT2D eigenvalue weighted by Gasteiger charge is 2.34. The van der Waals surface area contributed by atoms with Gasteiger partial charge in [-0.1, -0.05) is 0 Å². The Bertz CT molecular complexity index is 281. The van der Waals surface area contributed by atoms with Crippen molar-refractivity contribution in [3.05, 3.63) is 0 Å². The van der Waals surface area contributed by atoms with Crippen LogP contribution in [0, 0.1) is 0 Å². The molecular formula is C11H20N2O4. The number of amides is 1. The summed E-state index contributed by atoms with van der Waals surface area (Å²) >= 11 is 0. The second-order valence-corrected chi connectivity index (χ2v) is 4.84. The minimum absolute atomic E-state index is 0.0649. The smallest absolute Gasteiger partial charge is 0.249 e. The number of rotatable bonds is 4. The van der Waals surface area contributed by atoms with Gasteiger partial charge in [0.15, 0.2) is 0 Å². The van der Waals surface area contributed by atoms with Gasteiger partial charge in [0.25, 0.3) is 0 Å². The zero-order valence-corrected chi connectivity index (χ0v) is 10.1. The second kappa shape index (κ2) is 5.30. The molecule has 0 aliphatic carbocycles. The number of hydrogen-bond acceptors (Lipinski definition) is 5. The Hall–Kier alpha value is -0.690. The average molecular weight is 244 g/mol. The van der Waals surface area contributed by atoms with Crippen LogP contribution < -0.4 is 5.32 Å². The first-order valence-electron chi connectivity index (χ1n) is 5.97. The molecule has 0 saturated carbocycles. The third kappa shape index (κ3) is 2.95. The highest BCUT2D eigenvalue weighted by molar-refractivity contribution is 5.78. The molecular weight excluding hydrogens is 224 g/mol. The quantitative estimate of drug-likeness (QED) is 0.635. The van der Waals surface area contributed by atoms with Crippen LogP contribution in [0.1, 0.15) is 6.92 Å². The number of morpholine rings is 1. The molecule has 1 amide bonds. The van der Waals surface area contributed by atoms with Crippen molar-refractivity contribution in [2.45, 2.75) is 18.6 Å². The third-order valence-corrected chi connectivity index (χ3v) is 3.30. The van der Waals surface area contributed by atoms with E-state index in [1.807, 2.05) is 6.92 Å². The maximum atomic E-state index is 12.0. The van der Waals surface area contributed by atoms with E-state index in [2.05, 4.69) is 5.32 Å². The number of nitrogens with zero attached hydrogens (tertiary/aromatic N) is 1. The molecule has 0 bridgehead atoms. The van der Waals surface area contributed by atoms with Gasteiger partial charge in [-0.2, -0.15) is 0 Å². The maximum Gasteiger partial charge on any atom is 0.249 e. The molecule has 1 atom stereocenters. The molecule has 0 aromatic rings. The van der Waals surface area contributed by atoms with Crippen molar-refractivity contribution in [1.29, 1.82) is 0 Å². The predicted octanol–water partition coefficient (Wildman–Crippen LogP) is -1.42. The van der Waals surface area contributed by atoms with Gasteiger partial charge in [-0.3, -0.25) is 4.79 Å². The molecule has 6 nitrogen and oxygen atoms in total. The third-order valence-electron chi connectivity index (χ3n) is 3.30. The molecule has 2 N–H and O–H groups in total. The Kier molecular flexibility index (Phi) is 3.98. The van der Waals surface area contributed by atoms with E-state index in [0.717, 1.165) is 13.1 Å². The van der Waals surface area contributed by atoms with E-state index in [1.54, 1.807) is 4.90 Å². The van der Waals surface area contributed by atoms with E-state index < -0.39 is 0 Å². The molecule has 2 aliphatic heterocycles. The number of hydrogen-bond donors (Lipinski definition) is 2. The molecule has 0 radical (unpaired) electrons. The fourth-order valence-corrected chi connectivity index (χ4v) is 2.03. The lowest BCUT2D eigenvalue weighted by molar-refractivity contribution is -0.155. The van der Waals surface area contributed by atoms with Gasteiger partial charge in [0, 0.05) is 19.6 Å². The molecule has 6 heteroatoms. The lowest BCUT2D eigenvalue weighted by atomic mass is 10.0. The Morgan fingerprint density at radius 3 is 3.00 bits per heavy atom. The maximum absolute atomic E-state index is 12.0. The molecule has 98 valence electrons. The van der Waals surface area contributed by atoms with Crippen molar-refractivity contribution >= 4 is 5.91 Å². The van der Waals surface area contributed by atoms with Gasteiger partial charge in [-0.25, -0.2) is 0 Å². The molecule has 0 aromatic heterocycles. The van der Waals surface area contributed by atoms with Gasteiger partial charge in [0.2, 0.25) is 5.91 Å². The topological polar surface area (TPSA) is 71.0 Å².